The molecule has 4 aromatic rings. The van der Waals surface area contributed by atoms with Crippen molar-refractivity contribution >= 4 is 40.5 Å². The zero-order valence-corrected chi connectivity index (χ0v) is 19.4. The summed E-state index contributed by atoms with van der Waals surface area (Å²) in [6.07, 6.45) is 0.0781. The van der Waals surface area contributed by atoms with E-state index in [0.717, 1.165) is 16.1 Å². The molecule has 5 rings (SSSR count). The van der Waals surface area contributed by atoms with Gasteiger partial charge in [-0.3, -0.25) is 14.8 Å². The van der Waals surface area contributed by atoms with Gasteiger partial charge in [-0.05, 0) is 55.1 Å². The van der Waals surface area contributed by atoms with Crippen LogP contribution in [0.1, 0.15) is 5.69 Å². The number of alkyl halides is 2. The molecule has 3 aromatic heterocycles. The first-order chi connectivity index (χ1) is 16.7. The number of fused-ring (bicyclic) bond motifs is 1. The molecule has 0 spiro atoms. The fraction of sp³-hybridized carbons (Fsp3) is 0.273. The minimum absolute atomic E-state index is 0.223. The van der Waals surface area contributed by atoms with E-state index in [9.17, 15) is 18.7 Å². The third-order valence-corrected chi connectivity index (χ3v) is 6.25. The first kappa shape index (κ1) is 23.2. The molecule has 0 saturated carbocycles. The summed E-state index contributed by atoms with van der Waals surface area (Å²) in [6, 6.07) is 12.7. The third kappa shape index (κ3) is 5.26. The van der Waals surface area contributed by atoms with Crippen molar-refractivity contribution in [1.29, 1.82) is 0 Å². The molecule has 35 heavy (non-hydrogen) atoms. The molecule has 1 saturated heterocycles. The lowest BCUT2D eigenvalue weighted by atomic mass is 10.2. The van der Waals surface area contributed by atoms with Gasteiger partial charge in [0.25, 0.3) is 5.92 Å². The average molecular weight is 501 g/mol. The van der Waals surface area contributed by atoms with Gasteiger partial charge in [0.2, 0.25) is 11.1 Å². The molecule has 0 aliphatic carbocycles. The highest BCUT2D eigenvalue weighted by Crippen LogP contribution is 2.29. The van der Waals surface area contributed by atoms with Crippen LogP contribution >= 0.6 is 11.8 Å². The Morgan fingerprint density at radius 1 is 1.31 bits per heavy atom. The number of rotatable bonds is 7. The number of hydrogen-bond donors (Lipinski definition) is 4. The number of likely N-dealkylation sites (tertiary alicyclic amines) is 1. The first-order valence-electron chi connectivity index (χ1n) is 10.8. The molecule has 0 radical (unpaired) electrons. The van der Waals surface area contributed by atoms with Crippen molar-refractivity contribution in [1.82, 2.24) is 29.7 Å². The van der Waals surface area contributed by atoms with Gasteiger partial charge in [-0.15, -0.1) is 5.10 Å². The van der Waals surface area contributed by atoms with Crippen LogP contribution in [0.25, 0.3) is 5.52 Å². The number of aromatic nitrogens is 5. The Bertz CT molecular complexity index is 1360. The summed E-state index contributed by atoms with van der Waals surface area (Å²) in [5.41, 5.74) is 2.26. The van der Waals surface area contributed by atoms with E-state index in [1.807, 2.05) is 31.3 Å². The predicted molar refractivity (Wildman–Crippen MR) is 126 cm³/mol. The Balaban J connectivity index is 1.24. The predicted octanol–water partition coefficient (Wildman–Crippen LogP) is 2.91. The van der Waals surface area contributed by atoms with Gasteiger partial charge < -0.3 is 15.7 Å². The second kappa shape index (κ2) is 9.24. The van der Waals surface area contributed by atoms with E-state index >= 15 is 0 Å². The molecule has 0 bridgehead atoms. The van der Waals surface area contributed by atoms with E-state index in [0.29, 0.717) is 22.5 Å². The van der Waals surface area contributed by atoms with Gasteiger partial charge in [0.1, 0.15) is 11.6 Å². The molecule has 0 unspecified atom stereocenters. The summed E-state index contributed by atoms with van der Waals surface area (Å²) >= 11 is 1.35. The normalized spacial score (nSPS) is 17.7. The number of amides is 1. The van der Waals surface area contributed by atoms with Crippen LogP contribution in [-0.2, 0) is 4.79 Å². The fourth-order valence-corrected chi connectivity index (χ4v) is 4.48. The van der Waals surface area contributed by atoms with Crippen LogP contribution in [0, 0.1) is 6.92 Å². The number of H-pyrrole nitrogens is 1. The molecule has 182 valence electrons. The van der Waals surface area contributed by atoms with Gasteiger partial charge in [-0.2, -0.15) is 5.10 Å². The maximum atomic E-state index is 13.4. The van der Waals surface area contributed by atoms with E-state index < -0.39 is 24.5 Å². The Morgan fingerprint density at radius 3 is 2.80 bits per heavy atom. The molecular weight excluding hydrogens is 478 g/mol. The number of aromatic amines is 1. The van der Waals surface area contributed by atoms with Gasteiger partial charge in [0.15, 0.2) is 11.6 Å². The number of aryl methyl sites for hydroxylation is 1. The number of nitrogens with one attached hydrogen (secondary N) is 3. The molecule has 10 nitrogen and oxygen atoms in total. The van der Waals surface area contributed by atoms with Crippen molar-refractivity contribution in [2.24, 2.45) is 0 Å². The van der Waals surface area contributed by atoms with Crippen LogP contribution in [0.2, 0.25) is 0 Å². The van der Waals surface area contributed by atoms with Crippen LogP contribution in [0.5, 0.6) is 0 Å². The molecule has 4 N–H and O–H groups in total. The summed E-state index contributed by atoms with van der Waals surface area (Å²) < 4.78 is 28.6. The number of carbonyl (C=O) groups excluding carboxylic acids is 1. The highest BCUT2D eigenvalue weighted by Gasteiger charge is 2.47. The van der Waals surface area contributed by atoms with Crippen LogP contribution < -0.4 is 10.6 Å². The van der Waals surface area contributed by atoms with Gasteiger partial charge in [0.05, 0.1) is 13.1 Å². The molecule has 1 aromatic carbocycles. The molecule has 1 fully saturated rings. The minimum atomic E-state index is -3.20. The summed E-state index contributed by atoms with van der Waals surface area (Å²) in [5.74, 6) is -2.37. The van der Waals surface area contributed by atoms with Crippen molar-refractivity contribution < 1.29 is 18.7 Å². The van der Waals surface area contributed by atoms with Crippen molar-refractivity contribution in [3.8, 4) is 0 Å². The zero-order valence-electron chi connectivity index (χ0n) is 18.6. The summed E-state index contributed by atoms with van der Waals surface area (Å²) in [4.78, 5) is 18.9. The number of nitrogens with zero attached hydrogens (tertiary/aromatic N) is 5. The number of anilines is 3. The standard InChI is InChI=1S/C22H22F2N8O2S/c1-13-9-18(29-28-13)26-20-16-3-2-8-32(16)30-21(27-20)35-15-6-4-14(5-7-15)25-19(34)11-31-10-17(33)22(23,24)12-31/h2-9,17,33H,10-12H2,1H3,(H,25,34)(H2,26,27,28,29,30)/t17-/m1/s1. The fourth-order valence-electron chi connectivity index (χ4n) is 3.74. The van der Waals surface area contributed by atoms with E-state index in [4.69, 9.17) is 0 Å². The van der Waals surface area contributed by atoms with Crippen LogP contribution in [-0.4, -0.2) is 72.4 Å². The lowest BCUT2D eigenvalue weighted by Crippen LogP contribution is -2.33. The van der Waals surface area contributed by atoms with Crippen LogP contribution in [0.4, 0.5) is 26.1 Å². The van der Waals surface area contributed by atoms with Gasteiger partial charge in [-0.1, -0.05) is 0 Å². The number of benzene rings is 1. The number of aliphatic hydroxyl groups excluding tert-OH is 1. The maximum absolute atomic E-state index is 13.4. The molecular formula is C22H22F2N8O2S. The third-order valence-electron chi connectivity index (χ3n) is 5.39. The summed E-state index contributed by atoms with van der Waals surface area (Å²) in [5, 5.41) is 27.4. The van der Waals surface area contributed by atoms with Crippen LogP contribution in [0.3, 0.4) is 0 Å². The molecule has 1 amide bonds. The Kier molecular flexibility index (Phi) is 6.13. The quantitative estimate of drug-likeness (QED) is 0.306. The lowest BCUT2D eigenvalue weighted by molar-refractivity contribution is -0.117. The average Bonchev–Trinajstić information content (AvgIpc) is 3.49. The van der Waals surface area contributed by atoms with E-state index in [2.05, 4.69) is 30.9 Å². The molecule has 1 atom stereocenters. The Hall–Kier alpha value is -3.55. The van der Waals surface area contributed by atoms with Gasteiger partial charge in [0, 0.05) is 35.1 Å². The Labute approximate surface area is 202 Å². The van der Waals surface area contributed by atoms with Gasteiger partial charge >= 0.3 is 0 Å². The minimum Gasteiger partial charge on any atom is -0.385 e. The van der Waals surface area contributed by atoms with E-state index in [1.165, 1.54) is 16.7 Å². The first-order valence-corrected chi connectivity index (χ1v) is 11.6. The number of halogens is 2. The highest BCUT2D eigenvalue weighted by molar-refractivity contribution is 7.99. The molecule has 4 heterocycles. The second-order valence-electron chi connectivity index (χ2n) is 8.26. The number of aliphatic hydroxyl groups is 1. The summed E-state index contributed by atoms with van der Waals surface area (Å²) in [7, 11) is 0. The Morgan fingerprint density at radius 2 is 2.11 bits per heavy atom. The van der Waals surface area contributed by atoms with Gasteiger partial charge in [-0.25, -0.2) is 18.3 Å². The number of hydrogen-bond acceptors (Lipinski definition) is 8. The van der Waals surface area contributed by atoms with Crippen molar-refractivity contribution in [3.05, 3.63) is 54.4 Å². The number of carbonyl (C=O) groups is 1. The second-order valence-corrected chi connectivity index (χ2v) is 9.30. The monoisotopic (exact) mass is 500 g/mol. The zero-order chi connectivity index (χ0) is 24.6. The van der Waals surface area contributed by atoms with Crippen molar-refractivity contribution in [2.75, 3.05) is 30.3 Å². The highest BCUT2D eigenvalue weighted by atomic mass is 32.2. The van der Waals surface area contributed by atoms with Crippen molar-refractivity contribution in [3.63, 3.8) is 0 Å². The molecule has 1 aliphatic heterocycles. The summed E-state index contributed by atoms with van der Waals surface area (Å²) in [6.45, 7) is 0.810. The SMILES string of the molecule is Cc1cc(Nc2nc(Sc3ccc(NC(=O)CN4C[C@@H](O)C(F)(F)C4)cc3)nn3cccc23)n[nH]1. The lowest BCUT2D eigenvalue weighted by Gasteiger charge is -2.14. The number of β-amino-alcohol motifs (C(OH)–C–C–N with tert-alkyl or cyclic N) is 1. The smallest absolute Gasteiger partial charge is 0.287 e. The topological polar surface area (TPSA) is 123 Å². The van der Waals surface area contributed by atoms with Crippen molar-refractivity contribution in [2.45, 2.75) is 29.0 Å². The largest absolute Gasteiger partial charge is 0.385 e. The van der Waals surface area contributed by atoms with E-state index in [-0.39, 0.29) is 13.1 Å². The van der Waals surface area contributed by atoms with Crippen LogP contribution in [0.15, 0.2) is 58.7 Å². The molecule has 13 heteroatoms. The maximum Gasteiger partial charge on any atom is 0.287 e. The van der Waals surface area contributed by atoms with E-state index in [1.54, 1.807) is 28.8 Å². The molecule has 1 aliphatic rings.